The molecule has 2 amide bonds. The highest BCUT2D eigenvalue weighted by Gasteiger charge is 2.26. The molecule has 5 nitrogen and oxygen atoms in total. The minimum atomic E-state index is -0.0941. The molecule has 2 heterocycles. The Hall–Kier alpha value is -2.21. The van der Waals surface area contributed by atoms with Gasteiger partial charge < -0.3 is 10.2 Å². The highest BCUT2D eigenvalue weighted by molar-refractivity contribution is 7.13. The zero-order valence-corrected chi connectivity index (χ0v) is 14.9. The lowest BCUT2D eigenvalue weighted by Crippen LogP contribution is -2.30. The van der Waals surface area contributed by atoms with Crippen LogP contribution in [0.4, 0.5) is 10.8 Å². The second kappa shape index (κ2) is 6.73. The smallest absolute Gasteiger partial charge is 0.233 e. The van der Waals surface area contributed by atoms with Gasteiger partial charge in [-0.15, -0.1) is 11.3 Å². The zero-order valence-electron chi connectivity index (χ0n) is 14.1. The molecule has 0 radical (unpaired) electrons. The summed E-state index contributed by atoms with van der Waals surface area (Å²) in [6.45, 7) is 6.47. The number of aryl methyl sites for hydroxylation is 1. The molecule has 0 bridgehead atoms. The van der Waals surface area contributed by atoms with Crippen molar-refractivity contribution in [1.29, 1.82) is 0 Å². The van der Waals surface area contributed by atoms with E-state index in [1.807, 2.05) is 36.3 Å². The quantitative estimate of drug-likeness (QED) is 0.927. The molecule has 6 heteroatoms. The average molecular weight is 343 g/mol. The molecule has 0 atom stereocenters. The maximum atomic E-state index is 12.6. The summed E-state index contributed by atoms with van der Waals surface area (Å²) in [6.07, 6.45) is 1.15. The molecule has 0 saturated heterocycles. The molecule has 0 unspecified atom stereocenters. The molecule has 0 spiro atoms. The van der Waals surface area contributed by atoms with Crippen molar-refractivity contribution in [1.82, 2.24) is 4.98 Å². The van der Waals surface area contributed by atoms with E-state index in [9.17, 15) is 9.59 Å². The van der Waals surface area contributed by atoms with Crippen LogP contribution in [0.25, 0.3) is 0 Å². The first-order valence-electron chi connectivity index (χ1n) is 8.10. The summed E-state index contributed by atoms with van der Waals surface area (Å²) in [7, 11) is 0. The van der Waals surface area contributed by atoms with Gasteiger partial charge in [-0.2, -0.15) is 0 Å². The first-order chi connectivity index (χ1) is 11.5. The largest absolute Gasteiger partial charge is 0.311 e. The molecule has 1 aromatic carbocycles. The van der Waals surface area contributed by atoms with E-state index < -0.39 is 0 Å². The molecular formula is C18H21N3O2S. The van der Waals surface area contributed by atoms with Crippen LogP contribution in [0.15, 0.2) is 23.6 Å². The summed E-state index contributed by atoms with van der Waals surface area (Å²) in [5.74, 6) is -0.110. The van der Waals surface area contributed by atoms with Gasteiger partial charge in [0, 0.05) is 23.5 Å². The van der Waals surface area contributed by atoms with E-state index in [-0.39, 0.29) is 24.2 Å². The van der Waals surface area contributed by atoms with E-state index in [0.717, 1.165) is 18.7 Å². The number of anilines is 2. The van der Waals surface area contributed by atoms with Gasteiger partial charge in [-0.1, -0.05) is 26.0 Å². The summed E-state index contributed by atoms with van der Waals surface area (Å²) < 4.78 is 0. The fraction of sp³-hybridized carbons (Fsp3) is 0.389. The SMILES string of the molecule is Cc1cccc2c1CCN2C(=O)Cc1csc(NC(=O)C(C)C)n1. The summed E-state index contributed by atoms with van der Waals surface area (Å²) in [5, 5.41) is 5.16. The molecule has 126 valence electrons. The van der Waals surface area contributed by atoms with Gasteiger partial charge in [-0.25, -0.2) is 4.98 Å². The van der Waals surface area contributed by atoms with Crippen molar-refractivity contribution in [3.8, 4) is 0 Å². The minimum Gasteiger partial charge on any atom is -0.311 e. The third-order valence-electron chi connectivity index (χ3n) is 4.20. The Kier molecular flexibility index (Phi) is 4.66. The number of fused-ring (bicyclic) bond motifs is 1. The number of amides is 2. The van der Waals surface area contributed by atoms with Crippen LogP contribution in [0.2, 0.25) is 0 Å². The van der Waals surface area contributed by atoms with Crippen LogP contribution in [-0.4, -0.2) is 23.3 Å². The van der Waals surface area contributed by atoms with Crippen molar-refractivity contribution in [2.75, 3.05) is 16.8 Å². The first-order valence-corrected chi connectivity index (χ1v) is 8.98. The monoisotopic (exact) mass is 343 g/mol. The Labute approximate surface area is 145 Å². The summed E-state index contributed by atoms with van der Waals surface area (Å²) in [5.41, 5.74) is 4.21. The predicted octanol–water partition coefficient (Wildman–Crippen LogP) is 3.18. The van der Waals surface area contributed by atoms with Crippen LogP contribution in [0, 0.1) is 12.8 Å². The van der Waals surface area contributed by atoms with Gasteiger partial charge >= 0.3 is 0 Å². The topological polar surface area (TPSA) is 62.3 Å². The van der Waals surface area contributed by atoms with Gasteiger partial charge in [0.05, 0.1) is 12.1 Å². The van der Waals surface area contributed by atoms with Gasteiger partial charge in [0.1, 0.15) is 0 Å². The molecule has 0 aliphatic carbocycles. The van der Waals surface area contributed by atoms with E-state index >= 15 is 0 Å². The number of hydrogen-bond acceptors (Lipinski definition) is 4. The summed E-state index contributed by atoms with van der Waals surface area (Å²) >= 11 is 1.35. The maximum Gasteiger partial charge on any atom is 0.233 e. The Morgan fingerprint density at radius 1 is 1.38 bits per heavy atom. The first kappa shape index (κ1) is 16.6. The summed E-state index contributed by atoms with van der Waals surface area (Å²) in [6, 6.07) is 6.07. The van der Waals surface area contributed by atoms with Crippen LogP contribution in [0.1, 0.15) is 30.7 Å². The Morgan fingerprint density at radius 3 is 2.92 bits per heavy atom. The van der Waals surface area contributed by atoms with Gasteiger partial charge in [0.25, 0.3) is 0 Å². The summed E-state index contributed by atoms with van der Waals surface area (Å²) in [4.78, 5) is 30.5. The molecule has 1 aliphatic heterocycles. The number of aromatic nitrogens is 1. The van der Waals surface area contributed by atoms with Crippen LogP contribution in [0.3, 0.4) is 0 Å². The number of hydrogen-bond donors (Lipinski definition) is 1. The van der Waals surface area contributed by atoms with Crippen molar-refractivity contribution >= 4 is 34.0 Å². The second-order valence-electron chi connectivity index (χ2n) is 6.33. The number of carbonyl (C=O) groups is 2. The number of carbonyl (C=O) groups excluding carboxylic acids is 2. The highest BCUT2D eigenvalue weighted by atomic mass is 32.1. The highest BCUT2D eigenvalue weighted by Crippen LogP contribution is 2.31. The molecule has 1 aliphatic rings. The van der Waals surface area contributed by atoms with Gasteiger partial charge in [-0.3, -0.25) is 9.59 Å². The fourth-order valence-electron chi connectivity index (χ4n) is 2.81. The number of benzene rings is 1. The van der Waals surface area contributed by atoms with Gasteiger partial charge in [0.15, 0.2) is 5.13 Å². The molecule has 3 rings (SSSR count). The lowest BCUT2D eigenvalue weighted by atomic mass is 10.1. The van der Waals surface area contributed by atoms with Crippen molar-refractivity contribution in [2.45, 2.75) is 33.6 Å². The van der Waals surface area contributed by atoms with E-state index in [1.165, 1.54) is 22.5 Å². The van der Waals surface area contributed by atoms with Crippen LogP contribution < -0.4 is 10.2 Å². The number of thiazole rings is 1. The average Bonchev–Trinajstić information content (AvgIpc) is 3.14. The Bertz CT molecular complexity index is 782. The molecule has 24 heavy (non-hydrogen) atoms. The van der Waals surface area contributed by atoms with E-state index in [0.29, 0.717) is 10.8 Å². The number of rotatable bonds is 4. The minimum absolute atomic E-state index is 0.0476. The standard InChI is InChI=1S/C18H21N3O2S/c1-11(2)17(23)20-18-19-13(10-24-18)9-16(22)21-8-7-14-12(3)5-4-6-15(14)21/h4-6,10-11H,7-9H2,1-3H3,(H,19,20,23). The molecule has 0 fully saturated rings. The number of nitrogens with zero attached hydrogens (tertiary/aromatic N) is 2. The van der Waals surface area contributed by atoms with Crippen molar-refractivity contribution in [3.63, 3.8) is 0 Å². The lowest BCUT2D eigenvalue weighted by Gasteiger charge is -2.17. The molecule has 1 aromatic heterocycles. The Balaban J connectivity index is 1.68. The molecule has 2 aromatic rings. The third-order valence-corrected chi connectivity index (χ3v) is 5.01. The van der Waals surface area contributed by atoms with Crippen molar-refractivity contribution < 1.29 is 9.59 Å². The van der Waals surface area contributed by atoms with Gasteiger partial charge in [-0.05, 0) is 30.5 Å². The third kappa shape index (κ3) is 3.33. The van der Waals surface area contributed by atoms with Crippen LogP contribution >= 0.6 is 11.3 Å². The second-order valence-corrected chi connectivity index (χ2v) is 7.19. The molecule has 1 N–H and O–H groups in total. The molecule has 0 saturated carbocycles. The van der Waals surface area contributed by atoms with Crippen molar-refractivity contribution in [3.05, 3.63) is 40.4 Å². The lowest BCUT2D eigenvalue weighted by molar-refractivity contribution is -0.119. The predicted molar refractivity (Wildman–Crippen MR) is 96.5 cm³/mol. The van der Waals surface area contributed by atoms with E-state index in [1.54, 1.807) is 0 Å². The van der Waals surface area contributed by atoms with Crippen molar-refractivity contribution in [2.24, 2.45) is 5.92 Å². The fourth-order valence-corrected chi connectivity index (χ4v) is 3.53. The maximum absolute atomic E-state index is 12.6. The Morgan fingerprint density at radius 2 is 2.17 bits per heavy atom. The van der Waals surface area contributed by atoms with Crippen LogP contribution in [0.5, 0.6) is 0 Å². The van der Waals surface area contributed by atoms with E-state index in [2.05, 4.69) is 23.3 Å². The molecular weight excluding hydrogens is 322 g/mol. The number of nitrogens with one attached hydrogen (secondary N) is 1. The normalized spacial score (nSPS) is 13.2. The van der Waals surface area contributed by atoms with E-state index in [4.69, 9.17) is 0 Å². The van der Waals surface area contributed by atoms with Crippen LogP contribution in [-0.2, 0) is 22.4 Å². The zero-order chi connectivity index (χ0) is 17.3. The van der Waals surface area contributed by atoms with Gasteiger partial charge in [0.2, 0.25) is 11.8 Å².